The van der Waals surface area contributed by atoms with Crippen LogP contribution in [0.15, 0.2) is 138 Å². The van der Waals surface area contributed by atoms with Crippen LogP contribution in [0.2, 0.25) is 0 Å². The number of carbonyl (C=O) groups excluding carboxylic acids is 6. The Morgan fingerprint density at radius 2 is 0.897 bits per heavy atom. The zero-order valence-electron chi connectivity index (χ0n) is 54.7. The second-order valence-corrected chi connectivity index (χ2v) is 26.5. The Morgan fingerprint density at radius 1 is 0.495 bits per heavy atom. The molecule has 5 heterocycles. The van der Waals surface area contributed by atoms with Crippen LogP contribution in [-0.4, -0.2) is 95.2 Å². The Bertz CT molecular complexity index is 4650. The molecular weight excluding hydrogens is 1260 g/mol. The summed E-state index contributed by atoms with van der Waals surface area (Å²) in [6, 6.07) is 37.1. The van der Waals surface area contributed by atoms with Crippen molar-refractivity contribution in [3.05, 3.63) is 204 Å². The molecule has 9 aromatic rings. The van der Waals surface area contributed by atoms with Gasteiger partial charge in [0, 0.05) is 38.0 Å². The number of hydrogen-bond acceptors (Lipinski definition) is 17. The third-order valence-corrected chi connectivity index (χ3v) is 19.1. The van der Waals surface area contributed by atoms with Gasteiger partial charge in [0.1, 0.15) is 0 Å². The molecule has 0 spiro atoms. The standard InChI is InChI=1S/C28H28N2O5.C25H24N2O3S.C24H23N3O3S/c1-16(27(31)29-19-10-11-19)35-28(32)25-20-6-4-5-7-22(20)30-26-18(9-12-21(25)26)14-17-8-13-23(33-2)24(15-17)34-3;1-15(24(28)26-17-11-12-17)30-25(29)22-19-8-2-3-10-21(19)27-23-16(6-4-9-20(22)23)14-18-7-5-13-31-18;1-14(23(28)26-15(2)25)30-24(29)21-18-9-3-4-11-20(18)27-22-16(7-5-10-19(21)22)13-17-8-6-12-31-17/h4-8,13-16,19H,9-12H2,1-3H3,(H,29,31);2-3,5,7-8,10,13-15,17H,4,6,9,11-12H2,1H3,(H,26,28);3-4,6,8-9,11-14H,2,5,7,10,25H2,1H3,(H,26,28)/b18-14+;16-14+;16-13-. The number of carbonyl (C=O) groups is 6. The predicted octanol–water partition coefficient (Wildman–Crippen LogP) is 13.8. The number of thiophene rings is 2. The van der Waals surface area contributed by atoms with Crippen molar-refractivity contribution in [1.82, 2.24) is 30.9 Å². The fourth-order valence-electron chi connectivity index (χ4n) is 12.3. The first-order valence-electron chi connectivity index (χ1n) is 32.7. The molecule has 5 aromatic heterocycles. The van der Waals surface area contributed by atoms with Gasteiger partial charge in [-0.05, 0) is 208 Å². The summed E-state index contributed by atoms with van der Waals surface area (Å²) in [5, 5.41) is 14.5. The van der Waals surface area contributed by atoms with Gasteiger partial charge >= 0.3 is 17.9 Å². The molecule has 18 nitrogen and oxygen atoms in total. The first-order valence-corrected chi connectivity index (χ1v) is 34.4. The van der Waals surface area contributed by atoms with Gasteiger partial charge < -0.3 is 45.4 Å². The minimum Gasteiger partial charge on any atom is -0.493 e. The number of benzene rings is 4. The summed E-state index contributed by atoms with van der Waals surface area (Å²) in [7, 11) is 3.21. The van der Waals surface area contributed by atoms with Crippen molar-refractivity contribution in [1.29, 1.82) is 0 Å². The van der Waals surface area contributed by atoms with E-state index in [9.17, 15) is 28.8 Å². The highest BCUT2D eigenvalue weighted by atomic mass is 32.1. The van der Waals surface area contributed by atoms with E-state index in [-0.39, 0.29) is 29.7 Å². The summed E-state index contributed by atoms with van der Waals surface area (Å²) in [5.74, 6) is -1.20. The fraction of sp³-hybridized carbons (Fsp3) is 0.286. The Kier molecular flexibility index (Phi) is 20.5. The van der Waals surface area contributed by atoms with Crippen LogP contribution in [0.5, 0.6) is 11.5 Å². The number of nitrogens with one attached hydrogen (secondary N) is 3. The molecular formula is C77H75N7O11S2. The van der Waals surface area contributed by atoms with Crippen LogP contribution < -0.4 is 31.2 Å². The van der Waals surface area contributed by atoms with Crippen molar-refractivity contribution < 1.29 is 52.5 Å². The lowest BCUT2D eigenvalue weighted by Gasteiger charge is -2.23. The Labute approximate surface area is 570 Å². The molecule has 2 fully saturated rings. The van der Waals surface area contributed by atoms with E-state index in [4.69, 9.17) is 44.4 Å². The summed E-state index contributed by atoms with van der Waals surface area (Å²) in [5.41, 5.74) is 18.5. The zero-order chi connectivity index (χ0) is 67.9. The second kappa shape index (κ2) is 29.8. The average molecular weight is 1340 g/mol. The molecule has 97 heavy (non-hydrogen) atoms. The van der Waals surface area contributed by atoms with Crippen LogP contribution >= 0.6 is 22.7 Å². The molecule has 5 aliphatic rings. The topological polar surface area (TPSA) is 249 Å². The molecule has 5 aliphatic carbocycles. The molecule has 2 saturated carbocycles. The summed E-state index contributed by atoms with van der Waals surface area (Å²) < 4.78 is 27.6. The van der Waals surface area contributed by atoms with Gasteiger partial charge in [-0.1, -0.05) is 79.4 Å². The van der Waals surface area contributed by atoms with Crippen LogP contribution in [0, 0.1) is 0 Å². The van der Waals surface area contributed by atoms with Gasteiger partial charge in [0.05, 0.1) is 70.4 Å². The molecule has 0 bridgehead atoms. The minimum absolute atomic E-state index is 0.00277. The lowest BCUT2D eigenvalue weighted by molar-refractivity contribution is -0.129. The van der Waals surface area contributed by atoms with E-state index in [1.807, 2.05) is 109 Å². The maximum Gasteiger partial charge on any atom is 0.339 e. The van der Waals surface area contributed by atoms with Crippen LogP contribution in [0.4, 0.5) is 0 Å². The number of esters is 3. The number of allylic oxidation sites excluding steroid dienone is 3. The van der Waals surface area contributed by atoms with E-state index in [1.54, 1.807) is 50.7 Å². The number of aromatic nitrogens is 3. The van der Waals surface area contributed by atoms with Crippen molar-refractivity contribution in [2.75, 3.05) is 14.2 Å². The van der Waals surface area contributed by atoms with E-state index < -0.39 is 42.1 Å². The van der Waals surface area contributed by atoms with Crippen LogP contribution in [-0.2, 0) is 47.9 Å². The quantitative estimate of drug-likeness (QED) is 0.0489. The number of hydrogen-bond donors (Lipinski definition) is 4. The normalized spacial score (nSPS) is 16.6. The SMILES string of the molecule is C=C(N)NC(=O)C(C)OC(=O)c1c2c(nc3ccccc13)/C(=C\c1cccs1)CCC2.CC(OC(=O)c1c2c(nc3ccccc13)/C(=C/c1cccs1)CCC2)C(=O)NC1CC1.COc1ccc(/C=C2\CCc3c2nc2ccccc2c3C(=O)OC(C)C(=O)NC2CC2)cc1OC. The number of methoxy groups -OCH3 is 2. The van der Waals surface area contributed by atoms with Crippen molar-refractivity contribution >= 4 is 126 Å². The summed E-state index contributed by atoms with van der Waals surface area (Å²) in [4.78, 5) is 93.9. The molecule has 0 saturated heterocycles. The van der Waals surface area contributed by atoms with E-state index in [0.29, 0.717) is 40.1 Å². The van der Waals surface area contributed by atoms with E-state index in [1.165, 1.54) is 11.8 Å². The molecule has 20 heteroatoms. The van der Waals surface area contributed by atoms with Crippen molar-refractivity contribution in [3.63, 3.8) is 0 Å². The summed E-state index contributed by atoms with van der Waals surface area (Å²) in [6.45, 7) is 8.20. The van der Waals surface area contributed by atoms with Gasteiger partial charge in [-0.3, -0.25) is 14.4 Å². The number of amides is 3. The van der Waals surface area contributed by atoms with Crippen LogP contribution in [0.25, 0.3) is 67.7 Å². The molecule has 0 aliphatic heterocycles. The highest BCUT2D eigenvalue weighted by Crippen LogP contribution is 2.42. The Balaban J connectivity index is 0.000000139. The maximum atomic E-state index is 13.4. The molecule has 3 atom stereocenters. The van der Waals surface area contributed by atoms with Gasteiger partial charge in [0.15, 0.2) is 29.8 Å². The number of rotatable bonds is 17. The van der Waals surface area contributed by atoms with Gasteiger partial charge in [0.25, 0.3) is 17.7 Å². The van der Waals surface area contributed by atoms with Crippen molar-refractivity contribution in [3.8, 4) is 11.5 Å². The smallest absolute Gasteiger partial charge is 0.339 e. The first kappa shape index (κ1) is 66.7. The van der Waals surface area contributed by atoms with Crippen LogP contribution in [0.3, 0.4) is 0 Å². The lowest BCUT2D eigenvalue weighted by atomic mass is 9.86. The van der Waals surface area contributed by atoms with Gasteiger partial charge in [0.2, 0.25) is 0 Å². The molecule has 14 rings (SSSR count). The monoisotopic (exact) mass is 1340 g/mol. The minimum atomic E-state index is -1.01. The second-order valence-electron chi connectivity index (χ2n) is 24.6. The summed E-state index contributed by atoms with van der Waals surface area (Å²) >= 11 is 3.35. The highest BCUT2D eigenvalue weighted by molar-refractivity contribution is 7.11. The third-order valence-electron chi connectivity index (χ3n) is 17.5. The van der Waals surface area contributed by atoms with E-state index in [0.717, 1.165) is 159 Å². The Morgan fingerprint density at radius 3 is 1.29 bits per heavy atom. The number of nitrogens with zero attached hydrogens (tertiary/aromatic N) is 3. The van der Waals surface area contributed by atoms with Gasteiger partial charge in [-0.15, -0.1) is 22.7 Å². The number of pyridine rings is 3. The van der Waals surface area contributed by atoms with Crippen molar-refractivity contribution in [2.45, 2.75) is 128 Å². The average Bonchev–Trinajstić information content (AvgIpc) is 1.18. The zero-order valence-corrected chi connectivity index (χ0v) is 56.3. The predicted molar refractivity (Wildman–Crippen MR) is 380 cm³/mol. The number of ether oxygens (including phenoxy) is 5. The maximum absolute atomic E-state index is 13.4. The first-order chi connectivity index (χ1) is 47.0. The molecule has 3 amide bonds. The molecule has 5 N–H and O–H groups in total. The third kappa shape index (κ3) is 15.5. The number of para-hydroxylation sites is 3. The molecule has 3 unspecified atom stereocenters. The molecule has 0 radical (unpaired) electrons. The molecule has 4 aromatic carbocycles. The van der Waals surface area contributed by atoms with E-state index in [2.05, 4.69) is 58.3 Å². The number of nitrogens with two attached hydrogens (primary N) is 1. The molecule has 496 valence electrons. The lowest BCUT2D eigenvalue weighted by Crippen LogP contribution is -2.37. The van der Waals surface area contributed by atoms with Crippen LogP contribution in [0.1, 0.15) is 159 Å². The number of fused-ring (bicyclic) bond motifs is 6. The fourth-order valence-corrected chi connectivity index (χ4v) is 13.7. The Hall–Kier alpha value is -10.3. The van der Waals surface area contributed by atoms with Crippen molar-refractivity contribution in [2.24, 2.45) is 5.73 Å². The van der Waals surface area contributed by atoms with Gasteiger partial charge in [-0.25, -0.2) is 29.3 Å². The van der Waals surface area contributed by atoms with Gasteiger partial charge in [-0.2, -0.15) is 0 Å². The largest absolute Gasteiger partial charge is 0.493 e. The summed E-state index contributed by atoms with van der Waals surface area (Å²) in [6.07, 6.45) is 14.2. The van der Waals surface area contributed by atoms with E-state index >= 15 is 0 Å². The highest BCUT2D eigenvalue weighted by Gasteiger charge is 2.34.